The van der Waals surface area contributed by atoms with Gasteiger partial charge in [0.25, 0.3) is 5.56 Å². The SMILES string of the molecule is COC(=O)c1cc(NS(C)(=O)=O)ccc1C#Cc1c(F)c(-n2ccc(=O)[nH]c2=O)cc(C(C)(C)C)c1OC. The number of hydrogen-bond acceptors (Lipinski definition) is 7. The topological polar surface area (TPSA) is 137 Å². The van der Waals surface area contributed by atoms with Crippen molar-refractivity contribution in [2.75, 3.05) is 25.2 Å². The first-order valence-corrected chi connectivity index (χ1v) is 13.0. The Hall–Kier alpha value is -4.37. The number of nitrogens with zero attached hydrogens (tertiary/aromatic N) is 1. The normalized spacial score (nSPS) is 11.3. The second-order valence-corrected chi connectivity index (χ2v) is 11.0. The predicted molar refractivity (Wildman–Crippen MR) is 140 cm³/mol. The smallest absolute Gasteiger partial charge is 0.339 e. The van der Waals surface area contributed by atoms with Crippen LogP contribution in [-0.2, 0) is 20.2 Å². The highest BCUT2D eigenvalue weighted by Crippen LogP contribution is 2.37. The van der Waals surface area contributed by atoms with Gasteiger partial charge in [-0.25, -0.2) is 22.4 Å². The van der Waals surface area contributed by atoms with Crippen LogP contribution < -0.4 is 20.7 Å². The number of methoxy groups -OCH3 is 2. The van der Waals surface area contributed by atoms with Crippen LogP contribution >= 0.6 is 0 Å². The zero-order valence-corrected chi connectivity index (χ0v) is 22.4. The predicted octanol–water partition coefficient (Wildman–Crippen LogP) is 2.53. The summed E-state index contributed by atoms with van der Waals surface area (Å²) in [5, 5.41) is 0. The van der Waals surface area contributed by atoms with Crippen LogP contribution in [0.15, 0.2) is 46.1 Å². The minimum absolute atomic E-state index is 0.0583. The molecule has 0 aliphatic heterocycles. The highest BCUT2D eigenvalue weighted by atomic mass is 32.2. The maximum Gasteiger partial charge on any atom is 0.339 e. The first-order chi connectivity index (χ1) is 17.7. The summed E-state index contributed by atoms with van der Waals surface area (Å²) in [5.74, 6) is 3.88. The molecule has 0 fully saturated rings. The Morgan fingerprint density at radius 1 is 1.11 bits per heavy atom. The van der Waals surface area contributed by atoms with E-state index in [2.05, 4.69) is 21.5 Å². The van der Waals surface area contributed by atoms with Crippen molar-refractivity contribution in [3.63, 3.8) is 0 Å². The van der Waals surface area contributed by atoms with E-state index >= 15 is 4.39 Å². The van der Waals surface area contributed by atoms with E-state index in [0.29, 0.717) is 5.56 Å². The molecule has 3 rings (SSSR count). The number of aromatic amines is 1. The van der Waals surface area contributed by atoms with Crippen molar-refractivity contribution >= 4 is 21.7 Å². The van der Waals surface area contributed by atoms with E-state index in [-0.39, 0.29) is 33.8 Å². The van der Waals surface area contributed by atoms with Crippen molar-refractivity contribution < 1.29 is 27.1 Å². The maximum absolute atomic E-state index is 15.9. The minimum Gasteiger partial charge on any atom is -0.495 e. The van der Waals surface area contributed by atoms with Crippen molar-refractivity contribution in [3.8, 4) is 23.3 Å². The average Bonchev–Trinajstić information content (AvgIpc) is 2.81. The molecule has 0 aliphatic rings. The van der Waals surface area contributed by atoms with Gasteiger partial charge in [0.2, 0.25) is 10.0 Å². The van der Waals surface area contributed by atoms with Crippen LogP contribution in [0.1, 0.15) is 47.8 Å². The monoisotopic (exact) mass is 543 g/mol. The number of rotatable bonds is 5. The number of sulfonamides is 1. The molecule has 0 atom stereocenters. The molecule has 0 unspecified atom stereocenters. The number of aromatic nitrogens is 2. The lowest BCUT2D eigenvalue weighted by Gasteiger charge is -2.25. The number of ether oxygens (including phenoxy) is 2. The Bertz CT molecular complexity index is 1710. The summed E-state index contributed by atoms with van der Waals surface area (Å²) < 4.78 is 52.7. The molecule has 0 radical (unpaired) electrons. The number of benzene rings is 2. The number of halogens is 1. The van der Waals surface area contributed by atoms with E-state index in [1.54, 1.807) is 0 Å². The minimum atomic E-state index is -3.62. The van der Waals surface area contributed by atoms with Crippen LogP contribution in [-0.4, -0.2) is 44.4 Å². The number of esters is 1. The molecule has 10 nitrogen and oxygen atoms in total. The van der Waals surface area contributed by atoms with Gasteiger partial charge in [0.1, 0.15) is 11.3 Å². The molecular weight excluding hydrogens is 517 g/mol. The largest absolute Gasteiger partial charge is 0.495 e. The molecule has 0 saturated heterocycles. The van der Waals surface area contributed by atoms with E-state index < -0.39 is 38.5 Å². The van der Waals surface area contributed by atoms with Crippen LogP contribution in [0, 0.1) is 17.7 Å². The van der Waals surface area contributed by atoms with E-state index in [0.717, 1.165) is 30.2 Å². The lowest BCUT2D eigenvalue weighted by molar-refractivity contribution is 0.0600. The number of hydrogen-bond donors (Lipinski definition) is 2. The maximum atomic E-state index is 15.9. The third kappa shape index (κ3) is 6.12. The Balaban J connectivity index is 2.33. The van der Waals surface area contributed by atoms with Gasteiger partial charge in [-0.3, -0.25) is 19.1 Å². The van der Waals surface area contributed by atoms with Gasteiger partial charge in [-0.15, -0.1) is 0 Å². The second kappa shape index (κ2) is 10.5. The fraction of sp³-hybridized carbons (Fsp3) is 0.269. The molecule has 3 aromatic rings. The molecule has 2 aromatic carbocycles. The van der Waals surface area contributed by atoms with E-state index in [1.165, 1.54) is 31.4 Å². The van der Waals surface area contributed by atoms with Crippen molar-refractivity contribution in [1.29, 1.82) is 0 Å². The molecule has 0 bridgehead atoms. The van der Waals surface area contributed by atoms with Crippen molar-refractivity contribution in [3.05, 3.63) is 85.4 Å². The third-order valence-electron chi connectivity index (χ3n) is 5.34. The summed E-state index contributed by atoms with van der Waals surface area (Å²) in [6, 6.07) is 6.56. The zero-order valence-electron chi connectivity index (χ0n) is 21.6. The lowest BCUT2D eigenvalue weighted by Crippen LogP contribution is -2.28. The van der Waals surface area contributed by atoms with Crippen LogP contribution in [0.2, 0.25) is 0 Å². The van der Waals surface area contributed by atoms with Crippen LogP contribution in [0.25, 0.3) is 5.69 Å². The van der Waals surface area contributed by atoms with E-state index in [9.17, 15) is 22.8 Å². The molecule has 1 heterocycles. The van der Waals surface area contributed by atoms with Gasteiger partial charge in [-0.2, -0.15) is 0 Å². The first-order valence-electron chi connectivity index (χ1n) is 11.1. The second-order valence-electron chi connectivity index (χ2n) is 9.27. The third-order valence-corrected chi connectivity index (χ3v) is 5.95. The Morgan fingerprint density at radius 3 is 2.34 bits per heavy atom. The molecule has 0 aliphatic carbocycles. The Labute approximate surface area is 218 Å². The fourth-order valence-electron chi connectivity index (χ4n) is 3.63. The molecule has 12 heteroatoms. The summed E-state index contributed by atoms with van der Waals surface area (Å²) in [6.45, 7) is 5.59. The summed E-state index contributed by atoms with van der Waals surface area (Å²) in [4.78, 5) is 38.5. The average molecular weight is 544 g/mol. The number of nitrogens with one attached hydrogen (secondary N) is 2. The van der Waals surface area contributed by atoms with Gasteiger partial charge in [0, 0.05) is 29.1 Å². The van der Waals surface area contributed by atoms with Crippen LogP contribution in [0.5, 0.6) is 5.75 Å². The molecule has 2 N–H and O–H groups in total. The number of carbonyl (C=O) groups is 1. The summed E-state index contributed by atoms with van der Waals surface area (Å²) >= 11 is 0. The molecule has 38 heavy (non-hydrogen) atoms. The Kier molecular flexibility index (Phi) is 7.83. The lowest BCUT2D eigenvalue weighted by atomic mass is 9.84. The van der Waals surface area contributed by atoms with Crippen molar-refractivity contribution in [2.24, 2.45) is 0 Å². The first kappa shape index (κ1) is 28.2. The highest BCUT2D eigenvalue weighted by Gasteiger charge is 2.27. The molecule has 200 valence electrons. The molecule has 0 spiro atoms. The number of carbonyl (C=O) groups excluding carboxylic acids is 1. The van der Waals surface area contributed by atoms with Crippen molar-refractivity contribution in [2.45, 2.75) is 26.2 Å². The molecular formula is C26H26FN3O7S. The molecule has 0 saturated carbocycles. The number of H-pyrrole nitrogens is 1. The summed E-state index contributed by atoms with van der Waals surface area (Å²) in [5.41, 5.74) is -1.71. The van der Waals surface area contributed by atoms with Crippen LogP contribution in [0.3, 0.4) is 0 Å². The molecule has 0 amide bonds. The van der Waals surface area contributed by atoms with E-state index in [4.69, 9.17) is 9.47 Å². The van der Waals surface area contributed by atoms with Gasteiger partial charge in [0.05, 0.1) is 31.7 Å². The van der Waals surface area contributed by atoms with Gasteiger partial charge in [0.15, 0.2) is 5.82 Å². The van der Waals surface area contributed by atoms with Gasteiger partial charge in [-0.05, 0) is 29.7 Å². The van der Waals surface area contributed by atoms with E-state index in [1.807, 2.05) is 20.8 Å². The summed E-state index contributed by atoms with van der Waals surface area (Å²) in [7, 11) is -1.11. The van der Waals surface area contributed by atoms with Crippen LogP contribution in [0.4, 0.5) is 10.1 Å². The fourth-order valence-corrected chi connectivity index (χ4v) is 4.19. The summed E-state index contributed by atoms with van der Waals surface area (Å²) in [6.07, 6.45) is 2.11. The van der Waals surface area contributed by atoms with Crippen molar-refractivity contribution in [1.82, 2.24) is 9.55 Å². The number of anilines is 1. The quantitative estimate of drug-likeness (QED) is 0.373. The van der Waals surface area contributed by atoms with Gasteiger partial charge < -0.3 is 9.47 Å². The standard InChI is InChI=1S/C26H26FN3O7S/c1-26(2,3)19-14-20(30-12-11-21(31)28-25(30)33)22(27)17(23(19)36-4)10-8-15-7-9-16(29-38(6,34)35)13-18(15)24(32)37-5/h7,9,11-14,29H,1-6H3,(H,28,31,33). The van der Waals surface area contributed by atoms with Gasteiger partial charge in [-0.1, -0.05) is 32.6 Å². The molecule has 1 aromatic heterocycles. The zero-order chi connectivity index (χ0) is 28.4. The Morgan fingerprint density at radius 2 is 1.79 bits per heavy atom. The van der Waals surface area contributed by atoms with Gasteiger partial charge >= 0.3 is 11.7 Å². The highest BCUT2D eigenvalue weighted by molar-refractivity contribution is 7.92.